The molecule has 0 saturated carbocycles. The molecule has 0 unspecified atom stereocenters. The molecular formula is C16H13NO3. The maximum absolute atomic E-state index is 12.3. The highest BCUT2D eigenvalue weighted by Gasteiger charge is 2.26. The lowest BCUT2D eigenvalue weighted by atomic mass is 10.0. The van der Waals surface area contributed by atoms with Crippen LogP contribution in [0.5, 0.6) is 0 Å². The van der Waals surface area contributed by atoms with Gasteiger partial charge in [-0.2, -0.15) is 0 Å². The maximum Gasteiger partial charge on any atom is 0.251 e. The summed E-state index contributed by atoms with van der Waals surface area (Å²) in [7, 11) is 0. The van der Waals surface area contributed by atoms with E-state index in [-0.39, 0.29) is 24.8 Å². The fourth-order valence-corrected chi connectivity index (χ4v) is 2.44. The summed E-state index contributed by atoms with van der Waals surface area (Å²) in [6.07, 6.45) is 0. The average Bonchev–Trinajstić information content (AvgIpc) is 2.78. The van der Waals surface area contributed by atoms with Crippen molar-refractivity contribution in [3.63, 3.8) is 0 Å². The summed E-state index contributed by atoms with van der Waals surface area (Å²) < 4.78 is 0. The molecule has 0 atom stereocenters. The fraction of sp³-hybridized carbons (Fsp3) is 0.125. The van der Waals surface area contributed by atoms with Gasteiger partial charge in [0.2, 0.25) is 0 Å². The van der Waals surface area contributed by atoms with Crippen molar-refractivity contribution < 1.29 is 14.7 Å². The SMILES string of the molecule is O=C(NCCO)c1ccc2c(c1)C(=O)c1ccccc1-2. The average molecular weight is 267 g/mol. The number of rotatable bonds is 3. The Bertz CT molecular complexity index is 707. The van der Waals surface area contributed by atoms with Gasteiger partial charge in [0.05, 0.1) is 6.61 Å². The van der Waals surface area contributed by atoms with Crippen LogP contribution in [-0.4, -0.2) is 29.9 Å². The normalized spacial score (nSPS) is 11.9. The van der Waals surface area contributed by atoms with E-state index in [1.165, 1.54) is 0 Å². The van der Waals surface area contributed by atoms with E-state index in [2.05, 4.69) is 5.32 Å². The summed E-state index contributed by atoms with van der Waals surface area (Å²) in [6, 6.07) is 12.5. The van der Waals surface area contributed by atoms with E-state index in [9.17, 15) is 9.59 Å². The van der Waals surface area contributed by atoms with Crippen molar-refractivity contribution in [2.24, 2.45) is 0 Å². The zero-order chi connectivity index (χ0) is 14.1. The number of hydrogen-bond donors (Lipinski definition) is 2. The minimum Gasteiger partial charge on any atom is -0.395 e. The van der Waals surface area contributed by atoms with Crippen molar-refractivity contribution in [1.82, 2.24) is 5.32 Å². The first-order valence-corrected chi connectivity index (χ1v) is 6.39. The molecule has 4 nitrogen and oxygen atoms in total. The van der Waals surface area contributed by atoms with E-state index >= 15 is 0 Å². The summed E-state index contributed by atoms with van der Waals surface area (Å²) in [6.45, 7) is 0.0884. The lowest BCUT2D eigenvalue weighted by molar-refractivity contribution is 0.0945. The van der Waals surface area contributed by atoms with Crippen molar-refractivity contribution in [1.29, 1.82) is 0 Å². The molecule has 20 heavy (non-hydrogen) atoms. The summed E-state index contributed by atoms with van der Waals surface area (Å²) >= 11 is 0. The van der Waals surface area contributed by atoms with E-state index in [0.29, 0.717) is 16.7 Å². The molecule has 0 saturated heterocycles. The Morgan fingerprint density at radius 1 is 1.00 bits per heavy atom. The summed E-state index contributed by atoms with van der Waals surface area (Å²) in [5, 5.41) is 11.3. The van der Waals surface area contributed by atoms with Gasteiger partial charge in [-0.25, -0.2) is 0 Å². The van der Waals surface area contributed by atoms with Gasteiger partial charge in [-0.3, -0.25) is 9.59 Å². The number of hydrogen-bond acceptors (Lipinski definition) is 3. The van der Waals surface area contributed by atoms with Crippen LogP contribution in [0.4, 0.5) is 0 Å². The van der Waals surface area contributed by atoms with Crippen LogP contribution in [0, 0.1) is 0 Å². The van der Waals surface area contributed by atoms with E-state index in [4.69, 9.17) is 5.11 Å². The second kappa shape index (κ2) is 4.90. The van der Waals surface area contributed by atoms with Crippen molar-refractivity contribution in [3.05, 3.63) is 59.2 Å². The first-order chi connectivity index (χ1) is 9.72. The van der Waals surface area contributed by atoms with Gasteiger partial charge in [0, 0.05) is 23.2 Å². The molecule has 2 N–H and O–H groups in total. The number of amides is 1. The van der Waals surface area contributed by atoms with Crippen LogP contribution in [0.2, 0.25) is 0 Å². The van der Waals surface area contributed by atoms with E-state index in [1.807, 2.05) is 18.2 Å². The van der Waals surface area contributed by atoms with Crippen LogP contribution in [0.3, 0.4) is 0 Å². The highest BCUT2D eigenvalue weighted by Crippen LogP contribution is 2.36. The van der Waals surface area contributed by atoms with Crippen molar-refractivity contribution in [2.45, 2.75) is 0 Å². The number of carbonyl (C=O) groups excluding carboxylic acids is 2. The first-order valence-electron chi connectivity index (χ1n) is 6.39. The standard InChI is InChI=1S/C16H13NO3/c18-8-7-17-16(20)10-5-6-12-11-3-1-2-4-13(11)15(19)14(12)9-10/h1-6,9,18H,7-8H2,(H,17,20). The molecule has 100 valence electrons. The van der Waals surface area contributed by atoms with Crippen molar-refractivity contribution >= 4 is 11.7 Å². The Balaban J connectivity index is 2.00. The highest BCUT2D eigenvalue weighted by molar-refractivity contribution is 6.22. The van der Waals surface area contributed by atoms with E-state index < -0.39 is 0 Å². The van der Waals surface area contributed by atoms with Crippen LogP contribution in [0.25, 0.3) is 11.1 Å². The summed E-state index contributed by atoms with van der Waals surface area (Å²) in [5.41, 5.74) is 3.44. The molecule has 1 aliphatic carbocycles. The number of fused-ring (bicyclic) bond motifs is 3. The topological polar surface area (TPSA) is 66.4 Å². The van der Waals surface area contributed by atoms with Crippen LogP contribution < -0.4 is 5.32 Å². The lowest BCUT2D eigenvalue weighted by Crippen LogP contribution is -2.26. The quantitative estimate of drug-likeness (QED) is 0.757. The van der Waals surface area contributed by atoms with Crippen LogP contribution in [0.1, 0.15) is 26.3 Å². The second-order valence-corrected chi connectivity index (χ2v) is 4.61. The predicted molar refractivity (Wildman–Crippen MR) is 74.7 cm³/mol. The number of benzene rings is 2. The first kappa shape index (κ1) is 12.6. The van der Waals surface area contributed by atoms with Gasteiger partial charge >= 0.3 is 0 Å². The second-order valence-electron chi connectivity index (χ2n) is 4.61. The third kappa shape index (κ3) is 1.90. The Hall–Kier alpha value is -2.46. The van der Waals surface area contributed by atoms with Gasteiger partial charge < -0.3 is 10.4 Å². The van der Waals surface area contributed by atoms with Crippen molar-refractivity contribution in [3.8, 4) is 11.1 Å². The van der Waals surface area contributed by atoms with Crippen LogP contribution in [0.15, 0.2) is 42.5 Å². The van der Waals surface area contributed by atoms with Gasteiger partial charge in [-0.1, -0.05) is 30.3 Å². The van der Waals surface area contributed by atoms with Gasteiger partial charge in [-0.05, 0) is 23.3 Å². The molecule has 3 rings (SSSR count). The number of aliphatic hydroxyl groups excluding tert-OH is 1. The van der Waals surface area contributed by atoms with Crippen molar-refractivity contribution in [2.75, 3.05) is 13.2 Å². The zero-order valence-electron chi connectivity index (χ0n) is 10.7. The molecule has 0 aromatic heterocycles. The Morgan fingerprint density at radius 3 is 2.45 bits per heavy atom. The van der Waals surface area contributed by atoms with Crippen LogP contribution in [-0.2, 0) is 0 Å². The largest absolute Gasteiger partial charge is 0.395 e. The molecule has 0 heterocycles. The number of ketones is 1. The van der Waals surface area contributed by atoms with Crippen LogP contribution >= 0.6 is 0 Å². The zero-order valence-corrected chi connectivity index (χ0v) is 10.7. The number of carbonyl (C=O) groups is 2. The van der Waals surface area contributed by atoms with Gasteiger partial charge in [0.1, 0.15) is 0 Å². The smallest absolute Gasteiger partial charge is 0.251 e. The van der Waals surface area contributed by atoms with E-state index in [0.717, 1.165) is 11.1 Å². The maximum atomic E-state index is 12.3. The number of aliphatic hydroxyl groups is 1. The van der Waals surface area contributed by atoms with Gasteiger partial charge in [-0.15, -0.1) is 0 Å². The molecule has 0 bridgehead atoms. The molecule has 2 aromatic rings. The number of nitrogens with one attached hydrogen (secondary N) is 1. The molecule has 0 fully saturated rings. The molecule has 2 aromatic carbocycles. The molecule has 0 spiro atoms. The third-order valence-electron chi connectivity index (χ3n) is 3.39. The molecule has 0 aliphatic heterocycles. The summed E-state index contributed by atoms with van der Waals surface area (Å²) in [5.74, 6) is -0.335. The molecule has 0 radical (unpaired) electrons. The monoisotopic (exact) mass is 267 g/mol. The molecule has 4 heteroatoms. The predicted octanol–water partition coefficient (Wildman–Crippen LogP) is 1.62. The van der Waals surface area contributed by atoms with Gasteiger partial charge in [0.25, 0.3) is 5.91 Å². The molecular weight excluding hydrogens is 254 g/mol. The Labute approximate surface area is 116 Å². The minimum atomic E-state index is -0.286. The minimum absolute atomic E-state index is 0.0487. The molecule has 1 amide bonds. The molecule has 1 aliphatic rings. The van der Waals surface area contributed by atoms with Gasteiger partial charge in [0.15, 0.2) is 5.78 Å². The lowest BCUT2D eigenvalue weighted by Gasteiger charge is -2.05. The Kier molecular flexibility index (Phi) is 3.08. The van der Waals surface area contributed by atoms with E-state index in [1.54, 1.807) is 24.3 Å². The third-order valence-corrected chi connectivity index (χ3v) is 3.39. The highest BCUT2D eigenvalue weighted by atomic mass is 16.3. The Morgan fingerprint density at radius 2 is 1.70 bits per heavy atom. The fourth-order valence-electron chi connectivity index (χ4n) is 2.44. The summed E-state index contributed by atoms with van der Waals surface area (Å²) in [4.78, 5) is 24.2.